The van der Waals surface area contributed by atoms with E-state index >= 15 is 0 Å². The SMILES string of the molecule is O=C(OCc1ccccc1)C1=NN(c2ccc([N+](=O)[O-])cc2)[C@@]23C(=O)OC[C@@]24SC=C[C@H]4N(c2ccc([N+](=O)[O-])cc2)N13. The van der Waals surface area contributed by atoms with Crippen molar-refractivity contribution in [3.8, 4) is 0 Å². The van der Waals surface area contributed by atoms with Crippen LogP contribution in [-0.2, 0) is 25.7 Å². The van der Waals surface area contributed by atoms with Crippen molar-refractivity contribution in [3.05, 3.63) is 116 Å². The van der Waals surface area contributed by atoms with Crippen LogP contribution in [0.25, 0.3) is 0 Å². The minimum atomic E-state index is -1.75. The van der Waals surface area contributed by atoms with Gasteiger partial charge in [0.15, 0.2) is 0 Å². The lowest BCUT2D eigenvalue weighted by Crippen LogP contribution is -2.67. The number of cyclic esters (lactones) is 1. The number of rotatable bonds is 7. The average molecular weight is 601 g/mol. The molecule has 4 aliphatic rings. The zero-order chi connectivity index (χ0) is 29.9. The third-order valence-electron chi connectivity index (χ3n) is 7.82. The van der Waals surface area contributed by atoms with Crippen molar-refractivity contribution in [1.82, 2.24) is 5.01 Å². The molecule has 3 aromatic rings. The molecule has 0 unspecified atom stereocenters. The number of amidine groups is 1. The van der Waals surface area contributed by atoms with Crippen molar-refractivity contribution in [3.63, 3.8) is 0 Å². The van der Waals surface area contributed by atoms with Crippen molar-refractivity contribution in [2.45, 2.75) is 23.1 Å². The first-order valence-electron chi connectivity index (χ1n) is 13.0. The Hall–Kier alpha value is -5.44. The Kier molecular flexibility index (Phi) is 5.88. The standard InChI is InChI=1S/C28H20N6O8S/c35-25(41-16-18-4-2-1-3-5-18)24-29-31(20-8-12-22(13-9-20)34(39)40)28-26(36)42-17-27(28)23(14-15-43-27)30(32(24)28)19-6-10-21(11-7-19)33(37)38/h1-15,23H,16-17H2/t23-,27+,28-/m1/s1. The number of nitro groups is 2. The Balaban J connectivity index is 1.39. The van der Waals surface area contributed by atoms with Crippen LogP contribution < -0.4 is 10.0 Å². The van der Waals surface area contributed by atoms with Crippen LogP contribution >= 0.6 is 11.8 Å². The molecule has 0 N–H and O–H groups in total. The number of nitrogens with zero attached hydrogens (tertiary/aromatic N) is 6. The van der Waals surface area contributed by atoms with E-state index in [0.29, 0.717) is 11.4 Å². The molecule has 0 radical (unpaired) electrons. The minimum Gasteiger partial charge on any atom is -0.461 e. The highest BCUT2D eigenvalue weighted by Crippen LogP contribution is 2.63. The topological polar surface area (TPSA) is 161 Å². The summed E-state index contributed by atoms with van der Waals surface area (Å²) in [7, 11) is 0. The minimum absolute atomic E-state index is 0.0422. The second-order valence-corrected chi connectivity index (χ2v) is 11.3. The largest absolute Gasteiger partial charge is 0.461 e. The summed E-state index contributed by atoms with van der Waals surface area (Å²) in [6, 6.07) is 19.7. The summed E-state index contributed by atoms with van der Waals surface area (Å²) in [4.78, 5) is 49.5. The fourth-order valence-electron chi connectivity index (χ4n) is 5.94. The van der Waals surface area contributed by atoms with Gasteiger partial charge in [0, 0.05) is 24.3 Å². The number of hydrogen-bond acceptors (Lipinski definition) is 13. The van der Waals surface area contributed by atoms with Crippen molar-refractivity contribution >= 4 is 52.3 Å². The van der Waals surface area contributed by atoms with Gasteiger partial charge in [-0.25, -0.2) is 19.6 Å². The fourth-order valence-corrected chi connectivity index (χ4v) is 7.27. The Labute approximate surface area is 247 Å². The predicted octanol–water partition coefficient (Wildman–Crippen LogP) is 3.74. The molecular formula is C28H20N6O8S. The third kappa shape index (κ3) is 3.64. The van der Waals surface area contributed by atoms with Crippen LogP contribution in [0.1, 0.15) is 5.56 Å². The normalized spacial score (nSPS) is 24.7. The monoisotopic (exact) mass is 600 g/mol. The summed E-state index contributed by atoms with van der Waals surface area (Å²) in [6.45, 7) is -0.109. The first-order chi connectivity index (χ1) is 20.8. The first-order valence-corrected chi connectivity index (χ1v) is 13.9. The summed E-state index contributed by atoms with van der Waals surface area (Å²) in [5.74, 6) is -1.75. The van der Waals surface area contributed by atoms with E-state index in [1.807, 2.05) is 17.6 Å². The van der Waals surface area contributed by atoms with Crippen molar-refractivity contribution in [1.29, 1.82) is 0 Å². The molecule has 2 fully saturated rings. The van der Waals surface area contributed by atoms with E-state index in [4.69, 9.17) is 9.47 Å². The molecule has 3 aromatic carbocycles. The summed E-state index contributed by atoms with van der Waals surface area (Å²) in [6.07, 6.45) is 1.87. The van der Waals surface area contributed by atoms with Crippen LogP contribution in [0.5, 0.6) is 0 Å². The molecular weight excluding hydrogens is 580 g/mol. The highest BCUT2D eigenvalue weighted by atomic mass is 32.2. The van der Waals surface area contributed by atoms with E-state index in [9.17, 15) is 29.8 Å². The van der Waals surface area contributed by atoms with Gasteiger partial charge in [0.1, 0.15) is 18.0 Å². The van der Waals surface area contributed by atoms with Gasteiger partial charge in [-0.2, -0.15) is 0 Å². The zero-order valence-corrected chi connectivity index (χ0v) is 22.8. The molecule has 7 rings (SSSR count). The molecule has 14 nitrogen and oxygen atoms in total. The number of carbonyl (C=O) groups is 2. The second-order valence-electron chi connectivity index (χ2n) is 10.0. The number of ether oxygens (including phenoxy) is 2. The summed E-state index contributed by atoms with van der Waals surface area (Å²) >= 11 is 1.35. The smallest absolute Gasteiger partial charge is 0.378 e. The van der Waals surface area contributed by atoms with Crippen LogP contribution in [0.2, 0.25) is 0 Å². The molecule has 0 saturated carbocycles. The predicted molar refractivity (Wildman–Crippen MR) is 154 cm³/mol. The molecule has 3 atom stereocenters. The summed E-state index contributed by atoms with van der Waals surface area (Å²) in [5, 5.41) is 33.7. The van der Waals surface area contributed by atoms with E-state index < -0.39 is 38.2 Å². The van der Waals surface area contributed by atoms with E-state index in [-0.39, 0.29) is 30.4 Å². The van der Waals surface area contributed by atoms with Gasteiger partial charge in [-0.3, -0.25) is 25.2 Å². The quantitative estimate of drug-likeness (QED) is 0.220. The molecule has 0 amide bonds. The van der Waals surface area contributed by atoms with Crippen molar-refractivity contribution in [2.75, 3.05) is 16.6 Å². The van der Waals surface area contributed by atoms with E-state index in [0.717, 1.165) is 5.56 Å². The number of nitro benzene ring substituents is 2. The number of esters is 2. The molecule has 2 spiro atoms. The highest BCUT2D eigenvalue weighted by Gasteiger charge is 2.83. The maximum Gasteiger partial charge on any atom is 0.378 e. The Morgan fingerprint density at radius 3 is 2.23 bits per heavy atom. The Bertz CT molecular complexity index is 1730. The fraction of sp³-hybridized carbons (Fsp3) is 0.179. The number of thioether (sulfide) groups is 1. The van der Waals surface area contributed by atoms with Gasteiger partial charge in [-0.15, -0.1) is 16.9 Å². The molecule has 2 saturated heterocycles. The van der Waals surface area contributed by atoms with Gasteiger partial charge >= 0.3 is 11.9 Å². The van der Waals surface area contributed by atoms with E-state index in [1.54, 1.807) is 29.3 Å². The summed E-state index contributed by atoms with van der Waals surface area (Å²) < 4.78 is 10.3. The number of carbonyl (C=O) groups excluding carboxylic acids is 2. The number of non-ortho nitro benzene ring substituents is 2. The molecule has 4 aliphatic heterocycles. The number of hydrazine groups is 1. The summed E-state index contributed by atoms with van der Waals surface area (Å²) in [5.41, 5.74) is -0.550. The molecule has 0 aromatic heterocycles. The van der Waals surface area contributed by atoms with E-state index in [2.05, 4.69) is 5.10 Å². The first kappa shape index (κ1) is 26.5. The second kappa shape index (κ2) is 9.55. The molecule has 4 heterocycles. The Morgan fingerprint density at radius 2 is 1.60 bits per heavy atom. The van der Waals surface area contributed by atoms with Crippen molar-refractivity contribution < 1.29 is 28.9 Å². The number of anilines is 2. The van der Waals surface area contributed by atoms with E-state index in [1.165, 1.54) is 70.3 Å². The maximum atomic E-state index is 14.0. The van der Waals surface area contributed by atoms with Gasteiger partial charge in [0.2, 0.25) is 0 Å². The molecule has 0 bridgehead atoms. The lowest BCUT2D eigenvalue weighted by molar-refractivity contribution is -0.385. The molecule has 0 aliphatic carbocycles. The maximum absolute atomic E-state index is 14.0. The Morgan fingerprint density at radius 1 is 0.977 bits per heavy atom. The van der Waals surface area contributed by atoms with Gasteiger partial charge in [0.05, 0.1) is 27.3 Å². The molecule has 216 valence electrons. The number of hydrogen-bond donors (Lipinski definition) is 0. The number of hydrazone groups is 1. The van der Waals surface area contributed by atoms with Crippen LogP contribution in [0.15, 0.2) is 95.4 Å². The van der Waals surface area contributed by atoms with Gasteiger partial charge in [-0.05, 0) is 35.2 Å². The third-order valence-corrected chi connectivity index (χ3v) is 9.18. The zero-order valence-electron chi connectivity index (χ0n) is 22.0. The van der Waals surface area contributed by atoms with Gasteiger partial charge in [0.25, 0.3) is 22.9 Å². The number of benzene rings is 3. The average Bonchev–Trinajstić information content (AvgIpc) is 3.73. The van der Waals surface area contributed by atoms with Gasteiger partial charge in [-0.1, -0.05) is 36.4 Å². The van der Waals surface area contributed by atoms with Crippen molar-refractivity contribution in [2.24, 2.45) is 5.10 Å². The highest BCUT2D eigenvalue weighted by molar-refractivity contribution is 8.04. The van der Waals surface area contributed by atoms with Crippen LogP contribution in [0.3, 0.4) is 0 Å². The molecule has 43 heavy (non-hydrogen) atoms. The lowest BCUT2D eigenvalue weighted by Gasteiger charge is -2.40. The van der Waals surface area contributed by atoms with Crippen LogP contribution in [0.4, 0.5) is 22.7 Å². The van der Waals surface area contributed by atoms with Crippen LogP contribution in [-0.4, -0.2) is 55.7 Å². The molecule has 15 heteroatoms. The lowest BCUT2D eigenvalue weighted by atomic mass is 9.88. The van der Waals surface area contributed by atoms with Crippen LogP contribution in [0, 0.1) is 20.2 Å². The van der Waals surface area contributed by atoms with Gasteiger partial charge < -0.3 is 9.47 Å².